The van der Waals surface area contributed by atoms with Crippen molar-refractivity contribution in [1.82, 2.24) is 0 Å². The number of primary sulfonamides is 1. The number of cyclic esters (lactones) is 1. The van der Waals surface area contributed by atoms with Gasteiger partial charge in [-0.2, -0.15) is 0 Å². The van der Waals surface area contributed by atoms with Gasteiger partial charge in [0.15, 0.2) is 11.5 Å². The molecule has 1 heterocycles. The summed E-state index contributed by atoms with van der Waals surface area (Å²) < 4.78 is 38.4. The Morgan fingerprint density at radius 2 is 1.71 bits per heavy atom. The van der Waals surface area contributed by atoms with Gasteiger partial charge in [0, 0.05) is 12.5 Å². The summed E-state index contributed by atoms with van der Waals surface area (Å²) in [6.07, 6.45) is 0. The molecule has 0 amide bonds. The van der Waals surface area contributed by atoms with Crippen molar-refractivity contribution < 1.29 is 32.2 Å². The van der Waals surface area contributed by atoms with E-state index in [1.807, 2.05) is 0 Å². The molecule has 0 spiro atoms. The Hall–Kier alpha value is -3.17. The number of rotatable bonds is 5. The largest absolute Gasteiger partial charge is 0.493 e. The van der Waals surface area contributed by atoms with E-state index in [-0.39, 0.29) is 17.3 Å². The first-order chi connectivity index (χ1) is 13.2. The van der Waals surface area contributed by atoms with E-state index in [0.29, 0.717) is 28.0 Å². The van der Waals surface area contributed by atoms with Crippen LogP contribution in [0.1, 0.15) is 18.1 Å². The van der Waals surface area contributed by atoms with Crippen LogP contribution in [0.3, 0.4) is 0 Å². The highest BCUT2D eigenvalue weighted by atomic mass is 32.2. The Morgan fingerprint density at radius 1 is 1.07 bits per heavy atom. The third kappa shape index (κ3) is 3.90. The van der Waals surface area contributed by atoms with Crippen LogP contribution in [0.4, 0.5) is 0 Å². The summed E-state index contributed by atoms with van der Waals surface area (Å²) in [6.45, 7) is 1.32. The van der Waals surface area contributed by atoms with Crippen molar-refractivity contribution in [2.24, 2.45) is 5.14 Å². The lowest BCUT2D eigenvalue weighted by atomic mass is 9.96. The monoisotopic (exact) mass is 403 g/mol. The Morgan fingerprint density at radius 3 is 2.29 bits per heavy atom. The molecule has 8 nitrogen and oxygen atoms in total. The van der Waals surface area contributed by atoms with Crippen molar-refractivity contribution in [3.63, 3.8) is 0 Å². The molecule has 0 saturated heterocycles. The number of ether oxygens (including phenoxy) is 3. The summed E-state index contributed by atoms with van der Waals surface area (Å²) in [6, 6.07) is 10.5. The van der Waals surface area contributed by atoms with Crippen LogP contribution in [-0.2, 0) is 24.3 Å². The quantitative estimate of drug-likeness (QED) is 0.596. The second kappa shape index (κ2) is 7.45. The lowest BCUT2D eigenvalue weighted by Crippen LogP contribution is -2.12. The molecule has 0 aromatic heterocycles. The molecule has 1 aliphatic rings. The molecule has 0 radical (unpaired) electrons. The van der Waals surface area contributed by atoms with Crippen LogP contribution in [0, 0.1) is 0 Å². The SMILES string of the molecule is COc1cc(C2=C(c3ccc(S(N)(=O)=O)cc3)C(=O)OC2)ccc1OC(C)=O. The van der Waals surface area contributed by atoms with Gasteiger partial charge in [0.1, 0.15) is 6.61 Å². The number of sulfonamides is 1. The Bertz CT molecular complexity index is 1090. The van der Waals surface area contributed by atoms with Gasteiger partial charge in [-0.25, -0.2) is 18.4 Å². The molecule has 3 rings (SSSR count). The van der Waals surface area contributed by atoms with Gasteiger partial charge in [-0.1, -0.05) is 18.2 Å². The molecule has 0 fully saturated rings. The highest BCUT2D eigenvalue weighted by Crippen LogP contribution is 2.37. The van der Waals surface area contributed by atoms with Crippen molar-refractivity contribution in [3.8, 4) is 11.5 Å². The van der Waals surface area contributed by atoms with Gasteiger partial charge < -0.3 is 14.2 Å². The first-order valence-corrected chi connectivity index (χ1v) is 9.65. The van der Waals surface area contributed by atoms with E-state index in [0.717, 1.165) is 0 Å². The van der Waals surface area contributed by atoms with Crippen LogP contribution in [-0.4, -0.2) is 34.1 Å². The molecule has 0 unspecified atom stereocenters. The maximum absolute atomic E-state index is 12.3. The van der Waals surface area contributed by atoms with Crippen LogP contribution in [0.2, 0.25) is 0 Å². The van der Waals surface area contributed by atoms with Crippen LogP contribution in [0.25, 0.3) is 11.1 Å². The highest BCUT2D eigenvalue weighted by molar-refractivity contribution is 7.89. The zero-order chi connectivity index (χ0) is 20.5. The van der Waals surface area contributed by atoms with Gasteiger partial charge in [0.25, 0.3) is 0 Å². The zero-order valence-electron chi connectivity index (χ0n) is 15.1. The van der Waals surface area contributed by atoms with Gasteiger partial charge >= 0.3 is 11.9 Å². The van der Waals surface area contributed by atoms with Crippen LogP contribution >= 0.6 is 0 Å². The Labute approximate surface area is 161 Å². The van der Waals surface area contributed by atoms with Gasteiger partial charge in [0.2, 0.25) is 10.0 Å². The minimum atomic E-state index is -3.84. The fraction of sp³-hybridized carbons (Fsp3) is 0.158. The number of carbonyl (C=O) groups is 2. The average molecular weight is 403 g/mol. The standard InChI is InChI=1S/C19H17NO7S/c1-11(21)27-16-8-5-13(9-17(16)25-2)15-10-26-19(22)18(15)12-3-6-14(7-4-12)28(20,23)24/h3-9H,10H2,1-2H3,(H2,20,23,24). The molecule has 0 atom stereocenters. The first-order valence-electron chi connectivity index (χ1n) is 8.11. The van der Waals surface area contributed by atoms with Crippen LogP contribution in [0.15, 0.2) is 47.4 Å². The summed E-state index contributed by atoms with van der Waals surface area (Å²) in [5.41, 5.74) is 2.04. The Kier molecular flexibility index (Phi) is 5.21. The van der Waals surface area contributed by atoms with Crippen molar-refractivity contribution >= 4 is 33.1 Å². The third-order valence-corrected chi connectivity index (χ3v) is 5.02. The van der Waals surface area contributed by atoms with Gasteiger partial charge in [-0.15, -0.1) is 0 Å². The summed E-state index contributed by atoms with van der Waals surface area (Å²) >= 11 is 0. The van der Waals surface area contributed by atoms with E-state index in [1.54, 1.807) is 18.2 Å². The molecule has 28 heavy (non-hydrogen) atoms. The number of esters is 2. The van der Waals surface area contributed by atoms with Gasteiger partial charge in [-0.05, 0) is 35.4 Å². The van der Waals surface area contributed by atoms with Gasteiger partial charge in [0.05, 0.1) is 17.6 Å². The smallest absolute Gasteiger partial charge is 0.339 e. The summed E-state index contributed by atoms with van der Waals surface area (Å²) in [4.78, 5) is 23.4. The van der Waals surface area contributed by atoms with Crippen molar-refractivity contribution in [2.45, 2.75) is 11.8 Å². The predicted molar refractivity (Wildman–Crippen MR) is 99.9 cm³/mol. The minimum Gasteiger partial charge on any atom is -0.493 e. The van der Waals surface area contributed by atoms with E-state index in [1.165, 1.54) is 38.3 Å². The first kappa shape index (κ1) is 19.6. The van der Waals surface area contributed by atoms with E-state index in [4.69, 9.17) is 19.3 Å². The lowest BCUT2D eigenvalue weighted by Gasteiger charge is -2.11. The van der Waals surface area contributed by atoms with Gasteiger partial charge in [-0.3, -0.25) is 4.79 Å². The third-order valence-electron chi connectivity index (χ3n) is 4.09. The average Bonchev–Trinajstić information content (AvgIpc) is 3.02. The number of carbonyl (C=O) groups excluding carboxylic acids is 2. The zero-order valence-corrected chi connectivity index (χ0v) is 15.9. The van der Waals surface area contributed by atoms with E-state index >= 15 is 0 Å². The van der Waals surface area contributed by atoms with Crippen molar-refractivity contribution in [2.75, 3.05) is 13.7 Å². The highest BCUT2D eigenvalue weighted by Gasteiger charge is 2.28. The molecule has 0 saturated carbocycles. The maximum Gasteiger partial charge on any atom is 0.339 e. The van der Waals surface area contributed by atoms with Crippen LogP contribution < -0.4 is 14.6 Å². The number of hydrogen-bond donors (Lipinski definition) is 1. The molecule has 2 aromatic rings. The molecular formula is C19H17NO7S. The number of methoxy groups -OCH3 is 1. The number of hydrogen-bond acceptors (Lipinski definition) is 7. The summed E-state index contributed by atoms with van der Waals surface area (Å²) in [7, 11) is -2.40. The minimum absolute atomic E-state index is 0.0428. The summed E-state index contributed by atoms with van der Waals surface area (Å²) in [5.74, 6) is -0.436. The fourth-order valence-corrected chi connectivity index (χ4v) is 3.35. The molecule has 0 bridgehead atoms. The predicted octanol–water partition coefficient (Wildman–Crippen LogP) is 1.74. The van der Waals surface area contributed by atoms with Crippen molar-refractivity contribution in [1.29, 1.82) is 0 Å². The number of benzene rings is 2. The maximum atomic E-state index is 12.3. The molecule has 2 N–H and O–H groups in total. The second-order valence-corrected chi connectivity index (χ2v) is 7.52. The molecule has 0 aliphatic carbocycles. The molecular weight excluding hydrogens is 386 g/mol. The molecule has 1 aliphatic heterocycles. The Balaban J connectivity index is 2.07. The normalized spacial score (nSPS) is 14.0. The molecule has 9 heteroatoms. The fourth-order valence-electron chi connectivity index (χ4n) is 2.83. The second-order valence-electron chi connectivity index (χ2n) is 5.96. The molecule has 2 aromatic carbocycles. The van der Waals surface area contributed by atoms with E-state index < -0.39 is 22.0 Å². The van der Waals surface area contributed by atoms with E-state index in [9.17, 15) is 18.0 Å². The lowest BCUT2D eigenvalue weighted by molar-refractivity contribution is -0.134. The number of nitrogens with two attached hydrogens (primary N) is 1. The van der Waals surface area contributed by atoms with E-state index in [2.05, 4.69) is 0 Å². The summed E-state index contributed by atoms with van der Waals surface area (Å²) in [5, 5.41) is 5.11. The molecule has 146 valence electrons. The van der Waals surface area contributed by atoms with Crippen LogP contribution in [0.5, 0.6) is 11.5 Å². The van der Waals surface area contributed by atoms with Crippen molar-refractivity contribution in [3.05, 3.63) is 53.6 Å². The topological polar surface area (TPSA) is 122 Å².